The smallest absolute Gasteiger partial charge is 0.307 e. The molecule has 25 heavy (non-hydrogen) atoms. The molecule has 0 unspecified atom stereocenters. The number of hydrogen-bond donors (Lipinski definition) is 1. The van der Waals surface area contributed by atoms with Crippen LogP contribution in [0.1, 0.15) is 0 Å². The maximum atomic E-state index is 13.0. The van der Waals surface area contributed by atoms with Crippen LogP contribution < -0.4 is 10.3 Å². The van der Waals surface area contributed by atoms with E-state index in [9.17, 15) is 17.6 Å². The standard InChI is InChI=1S/C17H13FN2O4S/c1-25(22,23)14-8-2-11(3-9-14)15-10-19-20-17(21)16(15)24-13-6-4-12(18)5-7-13/h2-10H,1H3,(H,20,21). The first-order valence-electron chi connectivity index (χ1n) is 7.16. The predicted molar refractivity (Wildman–Crippen MR) is 89.9 cm³/mol. The first kappa shape index (κ1) is 16.8. The van der Waals surface area contributed by atoms with Crippen LogP contribution in [-0.2, 0) is 9.84 Å². The fourth-order valence-electron chi connectivity index (χ4n) is 2.20. The minimum atomic E-state index is -3.32. The van der Waals surface area contributed by atoms with E-state index in [-0.39, 0.29) is 16.4 Å². The summed E-state index contributed by atoms with van der Waals surface area (Å²) in [6.07, 6.45) is 2.51. The second kappa shape index (κ2) is 6.48. The summed E-state index contributed by atoms with van der Waals surface area (Å²) >= 11 is 0. The van der Waals surface area contributed by atoms with Gasteiger partial charge in [-0.2, -0.15) is 5.10 Å². The van der Waals surface area contributed by atoms with Gasteiger partial charge in [0.1, 0.15) is 11.6 Å². The number of halogens is 1. The van der Waals surface area contributed by atoms with Crippen LogP contribution in [0.4, 0.5) is 4.39 Å². The van der Waals surface area contributed by atoms with Crippen molar-refractivity contribution in [3.63, 3.8) is 0 Å². The van der Waals surface area contributed by atoms with Crippen molar-refractivity contribution >= 4 is 9.84 Å². The third-order valence-corrected chi connectivity index (χ3v) is 4.57. The summed E-state index contributed by atoms with van der Waals surface area (Å²) in [5.74, 6) is -0.159. The Labute approximate surface area is 142 Å². The van der Waals surface area contributed by atoms with Crippen molar-refractivity contribution in [1.82, 2.24) is 10.2 Å². The molecule has 0 aliphatic heterocycles. The molecule has 0 amide bonds. The van der Waals surface area contributed by atoms with E-state index in [1.165, 1.54) is 42.6 Å². The van der Waals surface area contributed by atoms with Gasteiger partial charge >= 0.3 is 5.56 Å². The Balaban J connectivity index is 2.04. The van der Waals surface area contributed by atoms with E-state index in [0.717, 1.165) is 6.26 Å². The van der Waals surface area contributed by atoms with Gasteiger partial charge in [-0.05, 0) is 42.0 Å². The Bertz CT molecular complexity index is 1060. The molecule has 1 heterocycles. The molecule has 0 atom stereocenters. The lowest BCUT2D eigenvalue weighted by molar-refractivity contribution is 0.472. The number of aromatic amines is 1. The van der Waals surface area contributed by atoms with E-state index in [2.05, 4.69) is 10.2 Å². The fourth-order valence-corrected chi connectivity index (χ4v) is 2.83. The van der Waals surface area contributed by atoms with Crippen LogP contribution in [0.5, 0.6) is 11.5 Å². The molecular weight excluding hydrogens is 347 g/mol. The first-order valence-corrected chi connectivity index (χ1v) is 9.05. The van der Waals surface area contributed by atoms with Crippen molar-refractivity contribution in [1.29, 1.82) is 0 Å². The van der Waals surface area contributed by atoms with Crippen molar-refractivity contribution in [3.05, 3.63) is 70.9 Å². The highest BCUT2D eigenvalue weighted by atomic mass is 32.2. The minimum absolute atomic E-state index is 0.0197. The Hall–Kier alpha value is -3.00. The number of nitrogens with one attached hydrogen (secondary N) is 1. The zero-order chi connectivity index (χ0) is 18.0. The average molecular weight is 360 g/mol. The lowest BCUT2D eigenvalue weighted by Gasteiger charge is -2.10. The highest BCUT2D eigenvalue weighted by Gasteiger charge is 2.14. The fraction of sp³-hybridized carbons (Fsp3) is 0.0588. The highest BCUT2D eigenvalue weighted by molar-refractivity contribution is 7.90. The van der Waals surface area contributed by atoms with E-state index in [0.29, 0.717) is 11.1 Å². The first-order chi connectivity index (χ1) is 11.8. The van der Waals surface area contributed by atoms with Gasteiger partial charge in [0.05, 0.1) is 16.7 Å². The molecular formula is C17H13FN2O4S. The minimum Gasteiger partial charge on any atom is -0.451 e. The van der Waals surface area contributed by atoms with Crippen LogP contribution in [-0.4, -0.2) is 24.9 Å². The maximum Gasteiger partial charge on any atom is 0.307 e. The SMILES string of the molecule is CS(=O)(=O)c1ccc(-c2cn[nH]c(=O)c2Oc2ccc(F)cc2)cc1. The van der Waals surface area contributed by atoms with E-state index >= 15 is 0 Å². The number of aromatic nitrogens is 2. The van der Waals surface area contributed by atoms with Crippen molar-refractivity contribution < 1.29 is 17.5 Å². The van der Waals surface area contributed by atoms with Crippen LogP contribution in [0.15, 0.2) is 64.4 Å². The van der Waals surface area contributed by atoms with Gasteiger partial charge in [-0.1, -0.05) is 12.1 Å². The zero-order valence-corrected chi connectivity index (χ0v) is 13.9. The molecule has 2 aromatic carbocycles. The molecule has 1 N–H and O–H groups in total. The molecule has 0 saturated carbocycles. The maximum absolute atomic E-state index is 13.0. The van der Waals surface area contributed by atoms with Crippen molar-refractivity contribution in [2.75, 3.05) is 6.26 Å². The molecule has 3 aromatic rings. The van der Waals surface area contributed by atoms with Gasteiger partial charge in [0, 0.05) is 6.26 Å². The van der Waals surface area contributed by atoms with Gasteiger partial charge < -0.3 is 4.74 Å². The quantitative estimate of drug-likeness (QED) is 0.773. The van der Waals surface area contributed by atoms with Crippen LogP contribution in [0.25, 0.3) is 11.1 Å². The molecule has 0 aliphatic carbocycles. The van der Waals surface area contributed by atoms with Crippen molar-refractivity contribution in [2.45, 2.75) is 4.90 Å². The average Bonchev–Trinajstić information content (AvgIpc) is 2.58. The molecule has 1 aromatic heterocycles. The van der Waals surface area contributed by atoms with Crippen molar-refractivity contribution in [2.24, 2.45) is 0 Å². The van der Waals surface area contributed by atoms with Crippen LogP contribution >= 0.6 is 0 Å². The summed E-state index contributed by atoms with van der Waals surface area (Å²) in [4.78, 5) is 12.3. The molecule has 0 saturated heterocycles. The largest absolute Gasteiger partial charge is 0.451 e. The van der Waals surface area contributed by atoms with E-state index in [1.807, 2.05) is 0 Å². The molecule has 0 fully saturated rings. The van der Waals surface area contributed by atoms with Gasteiger partial charge in [0.25, 0.3) is 0 Å². The summed E-state index contributed by atoms with van der Waals surface area (Å²) in [7, 11) is -3.32. The van der Waals surface area contributed by atoms with Crippen LogP contribution in [0.3, 0.4) is 0 Å². The molecule has 6 nitrogen and oxygen atoms in total. The summed E-state index contributed by atoms with van der Waals surface area (Å²) in [6.45, 7) is 0. The second-order valence-electron chi connectivity index (χ2n) is 5.29. The Morgan fingerprint density at radius 1 is 1.04 bits per heavy atom. The van der Waals surface area contributed by atoms with Gasteiger partial charge in [0.15, 0.2) is 9.84 Å². The second-order valence-corrected chi connectivity index (χ2v) is 7.31. The number of ether oxygens (including phenoxy) is 1. The molecule has 0 radical (unpaired) electrons. The van der Waals surface area contributed by atoms with E-state index in [1.54, 1.807) is 12.1 Å². The number of benzene rings is 2. The summed E-state index contributed by atoms with van der Waals surface area (Å²) in [5.41, 5.74) is 0.380. The highest BCUT2D eigenvalue weighted by Crippen LogP contribution is 2.30. The third kappa shape index (κ3) is 3.74. The molecule has 8 heteroatoms. The topological polar surface area (TPSA) is 89.1 Å². The lowest BCUT2D eigenvalue weighted by Crippen LogP contribution is -2.11. The monoisotopic (exact) mass is 360 g/mol. The third-order valence-electron chi connectivity index (χ3n) is 3.44. The Morgan fingerprint density at radius 3 is 2.28 bits per heavy atom. The number of rotatable bonds is 4. The van der Waals surface area contributed by atoms with Gasteiger partial charge in [-0.25, -0.2) is 17.9 Å². The molecule has 0 aliphatic rings. The number of hydrogen-bond acceptors (Lipinski definition) is 5. The number of H-pyrrole nitrogens is 1. The summed E-state index contributed by atoms with van der Waals surface area (Å²) in [5, 5.41) is 6.03. The van der Waals surface area contributed by atoms with E-state index < -0.39 is 21.2 Å². The van der Waals surface area contributed by atoms with Gasteiger partial charge in [-0.3, -0.25) is 4.79 Å². The van der Waals surface area contributed by atoms with Crippen molar-refractivity contribution in [3.8, 4) is 22.6 Å². The Morgan fingerprint density at radius 2 is 1.68 bits per heavy atom. The number of sulfone groups is 1. The Kier molecular flexibility index (Phi) is 4.37. The molecule has 3 rings (SSSR count). The van der Waals surface area contributed by atoms with Crippen LogP contribution in [0, 0.1) is 5.82 Å². The predicted octanol–water partition coefficient (Wildman–Crippen LogP) is 2.77. The molecule has 128 valence electrons. The zero-order valence-electron chi connectivity index (χ0n) is 13.1. The summed E-state index contributed by atoms with van der Waals surface area (Å²) < 4.78 is 41.7. The number of nitrogens with zero attached hydrogens (tertiary/aromatic N) is 1. The summed E-state index contributed by atoms with van der Waals surface area (Å²) in [6, 6.07) is 11.2. The normalized spacial score (nSPS) is 11.3. The lowest BCUT2D eigenvalue weighted by atomic mass is 10.1. The van der Waals surface area contributed by atoms with Gasteiger partial charge in [0.2, 0.25) is 5.75 Å². The molecule has 0 bridgehead atoms. The van der Waals surface area contributed by atoms with E-state index in [4.69, 9.17) is 4.74 Å². The van der Waals surface area contributed by atoms with Crippen LogP contribution in [0.2, 0.25) is 0 Å². The molecule has 0 spiro atoms. The van der Waals surface area contributed by atoms with Gasteiger partial charge in [-0.15, -0.1) is 0 Å².